The summed E-state index contributed by atoms with van der Waals surface area (Å²) < 4.78 is 26.1. The van der Waals surface area contributed by atoms with E-state index in [-0.39, 0.29) is 18.2 Å². The summed E-state index contributed by atoms with van der Waals surface area (Å²) in [5, 5.41) is 14.0. The third kappa shape index (κ3) is 3.96. The zero-order valence-corrected chi connectivity index (χ0v) is 10.2. The molecule has 100 valence electrons. The van der Waals surface area contributed by atoms with Crippen LogP contribution in [0.15, 0.2) is 18.2 Å². The van der Waals surface area contributed by atoms with Gasteiger partial charge in [0.05, 0.1) is 11.8 Å². The molecule has 1 unspecified atom stereocenters. The molecule has 0 spiro atoms. The van der Waals surface area contributed by atoms with Gasteiger partial charge in [0.15, 0.2) is 11.6 Å². The van der Waals surface area contributed by atoms with Gasteiger partial charge in [-0.1, -0.05) is 19.9 Å². The summed E-state index contributed by atoms with van der Waals surface area (Å²) in [6.07, 6.45) is -0.687. The topological polar surface area (TPSA) is 61.4 Å². The smallest absolute Gasteiger partial charge is 0.319 e. The summed E-state index contributed by atoms with van der Waals surface area (Å²) >= 11 is 0. The van der Waals surface area contributed by atoms with Crippen molar-refractivity contribution < 1.29 is 18.7 Å². The number of nitrogens with one attached hydrogen (secondary N) is 2. The Morgan fingerprint density at radius 3 is 2.67 bits per heavy atom. The van der Waals surface area contributed by atoms with E-state index >= 15 is 0 Å². The van der Waals surface area contributed by atoms with Gasteiger partial charge in [-0.2, -0.15) is 0 Å². The lowest BCUT2D eigenvalue weighted by molar-refractivity contribution is 0.126. The predicted octanol–water partition coefficient (Wildman–Crippen LogP) is 2.10. The standard InChI is InChI=1S/C12H16F2N2O2/c1-7(2)10(17)6-15-12(18)16-9-5-3-4-8(13)11(9)14/h3-5,7,10,17H,6H2,1-2H3,(H2,15,16,18). The van der Waals surface area contributed by atoms with Gasteiger partial charge in [-0.25, -0.2) is 13.6 Å². The van der Waals surface area contributed by atoms with E-state index in [1.807, 2.05) is 0 Å². The van der Waals surface area contributed by atoms with E-state index in [1.165, 1.54) is 12.1 Å². The number of aliphatic hydroxyl groups is 1. The Morgan fingerprint density at radius 1 is 1.39 bits per heavy atom. The number of halogens is 2. The van der Waals surface area contributed by atoms with E-state index in [2.05, 4.69) is 10.6 Å². The van der Waals surface area contributed by atoms with Gasteiger partial charge < -0.3 is 15.7 Å². The molecule has 1 aromatic rings. The minimum Gasteiger partial charge on any atom is -0.391 e. The number of hydrogen-bond acceptors (Lipinski definition) is 2. The number of carbonyl (C=O) groups excluding carboxylic acids is 1. The molecule has 0 radical (unpaired) electrons. The van der Waals surface area contributed by atoms with E-state index in [4.69, 9.17) is 0 Å². The molecule has 1 atom stereocenters. The van der Waals surface area contributed by atoms with Gasteiger partial charge in [-0.15, -0.1) is 0 Å². The first kappa shape index (κ1) is 14.4. The average Bonchev–Trinajstić information content (AvgIpc) is 2.32. The van der Waals surface area contributed by atoms with Crippen LogP contribution in [0.1, 0.15) is 13.8 Å². The highest BCUT2D eigenvalue weighted by Gasteiger charge is 2.13. The molecule has 0 saturated heterocycles. The van der Waals surface area contributed by atoms with Crippen LogP contribution in [0.5, 0.6) is 0 Å². The quantitative estimate of drug-likeness (QED) is 0.774. The van der Waals surface area contributed by atoms with Gasteiger partial charge in [0.2, 0.25) is 0 Å². The van der Waals surface area contributed by atoms with Crippen molar-refractivity contribution in [2.24, 2.45) is 5.92 Å². The summed E-state index contributed by atoms with van der Waals surface area (Å²) in [5.74, 6) is -2.15. The van der Waals surface area contributed by atoms with Crippen LogP contribution in [0.25, 0.3) is 0 Å². The molecule has 4 nitrogen and oxygen atoms in total. The Labute approximate surface area is 104 Å². The highest BCUT2D eigenvalue weighted by atomic mass is 19.2. The number of rotatable bonds is 4. The predicted molar refractivity (Wildman–Crippen MR) is 64.2 cm³/mol. The van der Waals surface area contributed by atoms with Crippen LogP contribution in [0.2, 0.25) is 0 Å². The first-order valence-electron chi connectivity index (χ1n) is 5.58. The highest BCUT2D eigenvalue weighted by Crippen LogP contribution is 2.16. The molecule has 3 N–H and O–H groups in total. The Morgan fingerprint density at radius 2 is 2.06 bits per heavy atom. The van der Waals surface area contributed by atoms with Crippen LogP contribution in [-0.4, -0.2) is 23.8 Å². The van der Waals surface area contributed by atoms with Gasteiger partial charge >= 0.3 is 6.03 Å². The van der Waals surface area contributed by atoms with Gasteiger partial charge in [0, 0.05) is 6.54 Å². The molecule has 18 heavy (non-hydrogen) atoms. The number of amides is 2. The first-order chi connectivity index (χ1) is 8.41. The van der Waals surface area contributed by atoms with E-state index in [0.29, 0.717) is 0 Å². The van der Waals surface area contributed by atoms with Crippen LogP contribution in [0.4, 0.5) is 19.3 Å². The fraction of sp³-hybridized carbons (Fsp3) is 0.417. The maximum absolute atomic E-state index is 13.2. The molecule has 0 aliphatic rings. The molecule has 0 aliphatic carbocycles. The van der Waals surface area contributed by atoms with Crippen LogP contribution in [0.3, 0.4) is 0 Å². The van der Waals surface area contributed by atoms with Crippen molar-refractivity contribution >= 4 is 11.7 Å². The number of carbonyl (C=O) groups is 1. The lowest BCUT2D eigenvalue weighted by atomic mass is 10.1. The van der Waals surface area contributed by atoms with Gasteiger partial charge in [0.25, 0.3) is 0 Å². The van der Waals surface area contributed by atoms with Crippen molar-refractivity contribution in [2.45, 2.75) is 20.0 Å². The Hall–Kier alpha value is -1.69. The molecule has 2 amide bonds. The zero-order valence-electron chi connectivity index (χ0n) is 10.2. The van der Waals surface area contributed by atoms with Crippen LogP contribution in [-0.2, 0) is 0 Å². The largest absolute Gasteiger partial charge is 0.391 e. The number of urea groups is 1. The van der Waals surface area contributed by atoms with E-state index in [0.717, 1.165) is 6.07 Å². The molecule has 0 aliphatic heterocycles. The minimum atomic E-state index is -1.11. The van der Waals surface area contributed by atoms with Crippen LogP contribution < -0.4 is 10.6 Å². The minimum absolute atomic E-state index is 0.00351. The number of aliphatic hydroxyl groups excluding tert-OH is 1. The number of hydrogen-bond donors (Lipinski definition) is 3. The number of anilines is 1. The summed E-state index contributed by atoms with van der Waals surface area (Å²) in [6.45, 7) is 3.65. The summed E-state index contributed by atoms with van der Waals surface area (Å²) in [4.78, 5) is 11.4. The summed E-state index contributed by atoms with van der Waals surface area (Å²) in [7, 11) is 0. The van der Waals surface area contributed by atoms with Crippen molar-refractivity contribution in [1.82, 2.24) is 5.32 Å². The van der Waals surface area contributed by atoms with Crippen molar-refractivity contribution in [3.63, 3.8) is 0 Å². The van der Waals surface area contributed by atoms with E-state index in [1.54, 1.807) is 13.8 Å². The molecule has 0 heterocycles. The monoisotopic (exact) mass is 258 g/mol. The molecular weight excluding hydrogens is 242 g/mol. The maximum Gasteiger partial charge on any atom is 0.319 e. The molecule has 1 rings (SSSR count). The van der Waals surface area contributed by atoms with Crippen molar-refractivity contribution in [1.29, 1.82) is 0 Å². The third-order valence-corrected chi connectivity index (χ3v) is 2.44. The highest BCUT2D eigenvalue weighted by molar-refractivity contribution is 5.89. The first-order valence-corrected chi connectivity index (χ1v) is 5.58. The lowest BCUT2D eigenvalue weighted by Crippen LogP contribution is -2.37. The van der Waals surface area contributed by atoms with E-state index < -0.39 is 23.8 Å². The van der Waals surface area contributed by atoms with Crippen LogP contribution in [0, 0.1) is 17.6 Å². The Balaban J connectivity index is 2.52. The molecule has 6 heteroatoms. The van der Waals surface area contributed by atoms with Gasteiger partial charge in [-0.05, 0) is 18.1 Å². The normalized spacial score (nSPS) is 12.3. The molecule has 0 fully saturated rings. The van der Waals surface area contributed by atoms with E-state index in [9.17, 15) is 18.7 Å². The van der Waals surface area contributed by atoms with Crippen molar-refractivity contribution in [3.8, 4) is 0 Å². The molecule has 0 bridgehead atoms. The Bertz CT molecular complexity index is 425. The average molecular weight is 258 g/mol. The van der Waals surface area contributed by atoms with Gasteiger partial charge in [-0.3, -0.25) is 0 Å². The second kappa shape index (κ2) is 6.30. The fourth-order valence-electron chi connectivity index (χ4n) is 1.20. The SMILES string of the molecule is CC(C)C(O)CNC(=O)Nc1cccc(F)c1F. The third-order valence-electron chi connectivity index (χ3n) is 2.44. The second-order valence-electron chi connectivity index (χ2n) is 4.25. The molecular formula is C12H16F2N2O2. The fourth-order valence-corrected chi connectivity index (χ4v) is 1.20. The van der Waals surface area contributed by atoms with Crippen molar-refractivity contribution in [2.75, 3.05) is 11.9 Å². The Kier molecular flexibility index (Phi) is 5.03. The number of benzene rings is 1. The second-order valence-corrected chi connectivity index (χ2v) is 4.25. The van der Waals surface area contributed by atoms with Gasteiger partial charge in [0.1, 0.15) is 0 Å². The zero-order chi connectivity index (χ0) is 13.7. The van der Waals surface area contributed by atoms with Crippen molar-refractivity contribution in [3.05, 3.63) is 29.8 Å². The molecule has 0 aromatic heterocycles. The lowest BCUT2D eigenvalue weighted by Gasteiger charge is -2.15. The van der Waals surface area contributed by atoms with Crippen LogP contribution >= 0.6 is 0 Å². The molecule has 0 saturated carbocycles. The maximum atomic E-state index is 13.2. The molecule has 1 aromatic carbocycles. The summed E-state index contributed by atoms with van der Waals surface area (Å²) in [5.41, 5.74) is -0.244. The summed E-state index contributed by atoms with van der Waals surface area (Å²) in [6, 6.07) is 2.80.